The minimum Gasteiger partial charge on any atom is -0.482 e. The maximum atomic E-state index is 14.6. The lowest BCUT2D eigenvalue weighted by molar-refractivity contribution is -0.121. The molecule has 0 radical (unpaired) electrons. The van der Waals surface area contributed by atoms with E-state index in [4.69, 9.17) is 31.2 Å². The average Bonchev–Trinajstić information content (AvgIpc) is 3.44. The largest absolute Gasteiger partial charge is 0.482 e. The van der Waals surface area contributed by atoms with Crippen LogP contribution in [0, 0.1) is 29.0 Å². The van der Waals surface area contributed by atoms with Gasteiger partial charge < -0.3 is 14.4 Å². The summed E-state index contributed by atoms with van der Waals surface area (Å²) in [6, 6.07) is 8.90. The molecule has 2 aliphatic heterocycles. The number of hydrogen-bond donors (Lipinski definition) is 0. The van der Waals surface area contributed by atoms with Gasteiger partial charge in [-0.25, -0.2) is 18.9 Å². The summed E-state index contributed by atoms with van der Waals surface area (Å²) in [7, 11) is 0. The molecule has 2 atom stereocenters. The Balaban J connectivity index is 1.39. The fourth-order valence-electron chi connectivity index (χ4n) is 6.53. The second-order valence-corrected chi connectivity index (χ2v) is 14.6. The predicted molar refractivity (Wildman–Crippen MR) is 183 cm³/mol. The maximum Gasteiger partial charge on any atom is 0.410 e. The number of hydrogen-bond acceptors (Lipinski definition) is 8. The highest BCUT2D eigenvalue weighted by atomic mass is 35.5. The first-order valence-electron chi connectivity index (χ1n) is 16.4. The van der Waals surface area contributed by atoms with E-state index < -0.39 is 11.4 Å². The molecule has 0 N–H and O–H groups in total. The average molecular weight is 688 g/mol. The number of carbonyl (C=O) groups excluding carboxylic acids is 2. The molecule has 1 unspecified atom stereocenters. The molecule has 0 aliphatic carbocycles. The van der Waals surface area contributed by atoms with Crippen molar-refractivity contribution >= 4 is 40.3 Å². The Morgan fingerprint density at radius 3 is 2.67 bits per heavy atom. The highest BCUT2D eigenvalue weighted by Gasteiger charge is 2.35. The number of anilines is 1. The van der Waals surface area contributed by atoms with Crippen LogP contribution in [0.1, 0.15) is 71.0 Å². The number of aromatic nitrogens is 4. The van der Waals surface area contributed by atoms with Crippen molar-refractivity contribution in [3.8, 4) is 22.9 Å². The van der Waals surface area contributed by atoms with E-state index >= 15 is 0 Å². The number of halogens is 2. The number of carbonyl (C=O) groups is 2. The Kier molecular flexibility index (Phi) is 9.24. The number of likely N-dealkylation sites (tertiary alicyclic amines) is 1. The molecule has 1 aromatic carbocycles. The second kappa shape index (κ2) is 13.3. The number of ether oxygens (including phenoxy) is 2. The second-order valence-electron chi connectivity index (χ2n) is 14.1. The third-order valence-electron chi connectivity index (χ3n) is 8.74. The molecule has 256 valence electrons. The predicted octanol–water partition coefficient (Wildman–Crippen LogP) is 7.10. The molecule has 6 rings (SSSR count). The molecule has 3 aromatic heterocycles. The molecular formula is C36H39ClFN7O4. The van der Waals surface area contributed by atoms with Crippen LogP contribution in [0.25, 0.3) is 22.2 Å². The summed E-state index contributed by atoms with van der Waals surface area (Å²) in [5.74, 6) is -0.249. The summed E-state index contributed by atoms with van der Waals surface area (Å²) in [6.07, 6.45) is 3.99. The minimum atomic E-state index is -0.609. The Hall–Kier alpha value is -4.76. The Labute approximate surface area is 289 Å². The number of fused-ring (bicyclic) bond motifs is 2. The van der Waals surface area contributed by atoms with Crippen LogP contribution < -0.4 is 9.64 Å². The van der Waals surface area contributed by atoms with Crippen LogP contribution in [-0.2, 0) is 22.5 Å². The van der Waals surface area contributed by atoms with Crippen LogP contribution in [0.2, 0.25) is 5.02 Å². The molecule has 49 heavy (non-hydrogen) atoms. The van der Waals surface area contributed by atoms with Crippen molar-refractivity contribution in [3.63, 3.8) is 0 Å². The van der Waals surface area contributed by atoms with Gasteiger partial charge in [0.15, 0.2) is 12.3 Å². The zero-order chi connectivity index (χ0) is 35.2. The molecule has 4 aromatic rings. The summed E-state index contributed by atoms with van der Waals surface area (Å²) in [4.78, 5) is 38.1. The van der Waals surface area contributed by atoms with Crippen molar-refractivity contribution in [2.75, 3.05) is 24.6 Å². The van der Waals surface area contributed by atoms with Crippen molar-refractivity contribution in [1.29, 1.82) is 5.26 Å². The number of benzene rings is 1. The van der Waals surface area contributed by atoms with Crippen LogP contribution in [0.4, 0.5) is 14.9 Å². The fourth-order valence-corrected chi connectivity index (χ4v) is 6.68. The molecule has 5 heterocycles. The van der Waals surface area contributed by atoms with Crippen molar-refractivity contribution in [2.24, 2.45) is 11.8 Å². The third-order valence-corrected chi connectivity index (χ3v) is 8.95. The minimum absolute atomic E-state index is 0.0373. The van der Waals surface area contributed by atoms with E-state index in [1.807, 2.05) is 31.5 Å². The number of nitriles is 1. The first-order chi connectivity index (χ1) is 23.2. The molecule has 1 fully saturated rings. The smallest absolute Gasteiger partial charge is 0.410 e. The van der Waals surface area contributed by atoms with Crippen LogP contribution in [0.3, 0.4) is 0 Å². The zero-order valence-electron chi connectivity index (χ0n) is 28.5. The van der Waals surface area contributed by atoms with Crippen LogP contribution in [0.15, 0.2) is 36.7 Å². The number of nitrogens with zero attached hydrogens (tertiary/aromatic N) is 7. The van der Waals surface area contributed by atoms with Gasteiger partial charge in [0.1, 0.15) is 23.2 Å². The van der Waals surface area contributed by atoms with E-state index in [2.05, 4.69) is 31.8 Å². The van der Waals surface area contributed by atoms with Crippen LogP contribution in [0.5, 0.6) is 5.75 Å². The van der Waals surface area contributed by atoms with Crippen molar-refractivity contribution in [3.05, 3.63) is 64.5 Å². The van der Waals surface area contributed by atoms with Crippen LogP contribution in [-0.4, -0.2) is 61.9 Å². The van der Waals surface area contributed by atoms with E-state index in [0.717, 1.165) is 6.07 Å². The molecule has 2 aliphatic rings. The van der Waals surface area contributed by atoms with E-state index in [-0.39, 0.29) is 53.7 Å². The lowest BCUT2D eigenvalue weighted by Crippen LogP contribution is -2.45. The Morgan fingerprint density at radius 2 is 2.00 bits per heavy atom. The van der Waals surface area contributed by atoms with Gasteiger partial charge in [-0.15, -0.1) is 0 Å². The molecule has 0 spiro atoms. The maximum absolute atomic E-state index is 14.6. The van der Waals surface area contributed by atoms with Gasteiger partial charge in [0.25, 0.3) is 5.91 Å². The molecule has 13 heteroatoms. The number of amides is 2. The quantitative estimate of drug-likeness (QED) is 0.210. The van der Waals surface area contributed by atoms with Gasteiger partial charge in [0.05, 0.1) is 46.4 Å². The van der Waals surface area contributed by atoms with Gasteiger partial charge in [-0.05, 0) is 69.2 Å². The van der Waals surface area contributed by atoms with Gasteiger partial charge in [-0.2, -0.15) is 10.4 Å². The van der Waals surface area contributed by atoms with E-state index in [0.29, 0.717) is 70.8 Å². The standard InChI is InChI=1S/C36H39ClFN7O4/c1-20(2)11-27-24(14-39)33(22-7-8-30-31(12-22)48-19-32(46)44(30)18-28-26(38)13-23(37)15-40-28)25-16-41-45(34(25)42-27)29-9-10-43(17-21(29)3)35(47)49-36(4,5)6/h7-8,12-13,15-16,20-21,29H,9-11,17-19H2,1-6H3/t21-,29?/m1/s1. The van der Waals surface area contributed by atoms with Gasteiger partial charge in [0.2, 0.25) is 0 Å². The van der Waals surface area contributed by atoms with Gasteiger partial charge in [-0.3, -0.25) is 14.7 Å². The normalized spacial score (nSPS) is 18.0. The van der Waals surface area contributed by atoms with E-state index in [1.54, 1.807) is 23.2 Å². The summed E-state index contributed by atoms with van der Waals surface area (Å²) in [6.45, 7) is 12.5. The number of rotatable bonds is 6. The van der Waals surface area contributed by atoms with E-state index in [1.165, 1.54) is 11.1 Å². The summed E-state index contributed by atoms with van der Waals surface area (Å²) in [5.41, 5.74) is 3.11. The van der Waals surface area contributed by atoms with Crippen molar-refractivity contribution in [2.45, 2.75) is 72.6 Å². The first kappa shape index (κ1) is 34.1. The third kappa shape index (κ3) is 6.90. The lowest BCUT2D eigenvalue weighted by Gasteiger charge is -2.37. The molecule has 0 bridgehead atoms. The van der Waals surface area contributed by atoms with E-state index in [9.17, 15) is 19.2 Å². The monoisotopic (exact) mass is 687 g/mol. The summed E-state index contributed by atoms with van der Waals surface area (Å²) in [5, 5.41) is 16.2. The number of pyridine rings is 2. The van der Waals surface area contributed by atoms with Crippen molar-refractivity contribution < 1.29 is 23.5 Å². The molecular weight excluding hydrogens is 649 g/mol. The number of piperidine rings is 1. The molecule has 2 amide bonds. The highest BCUT2D eigenvalue weighted by Crippen LogP contribution is 2.42. The fraction of sp³-hybridized carbons (Fsp3) is 0.444. The zero-order valence-corrected chi connectivity index (χ0v) is 29.2. The first-order valence-corrected chi connectivity index (χ1v) is 16.8. The SMILES string of the molecule is CC(C)Cc1nc2c(cnn2C2CCN(C(=O)OC(C)(C)C)C[C@H]2C)c(-c2ccc3c(c2)OCC(=O)N3Cc2ncc(Cl)cc2F)c1C#N. The highest BCUT2D eigenvalue weighted by molar-refractivity contribution is 6.30. The summed E-state index contributed by atoms with van der Waals surface area (Å²) >= 11 is 5.88. The summed E-state index contributed by atoms with van der Waals surface area (Å²) < 4.78 is 28.1. The Morgan fingerprint density at radius 1 is 1.22 bits per heavy atom. The Bertz CT molecular complexity index is 1980. The lowest BCUT2D eigenvalue weighted by atomic mass is 9.92. The topological polar surface area (TPSA) is 126 Å². The van der Waals surface area contributed by atoms with Crippen molar-refractivity contribution in [1.82, 2.24) is 24.6 Å². The van der Waals surface area contributed by atoms with Gasteiger partial charge in [-0.1, -0.05) is 38.4 Å². The van der Waals surface area contributed by atoms with Crippen LogP contribution >= 0.6 is 11.6 Å². The molecule has 1 saturated heterocycles. The van der Waals surface area contributed by atoms with Gasteiger partial charge in [0, 0.05) is 30.2 Å². The van der Waals surface area contributed by atoms with Gasteiger partial charge >= 0.3 is 6.09 Å². The molecule has 11 nitrogen and oxygen atoms in total. The molecule has 0 saturated carbocycles.